The molecule has 0 atom stereocenters. The molecule has 0 aliphatic carbocycles. The minimum atomic E-state index is -0.464. The van der Waals surface area contributed by atoms with Crippen LogP contribution < -0.4 is 20.3 Å². The Morgan fingerprint density at radius 2 is 1.77 bits per heavy atom. The molecule has 2 N–H and O–H groups in total. The van der Waals surface area contributed by atoms with Crippen molar-refractivity contribution >= 4 is 50.3 Å². The zero-order chi connectivity index (χ0) is 19.1. The van der Waals surface area contributed by atoms with Gasteiger partial charge in [0.05, 0.1) is 22.9 Å². The fourth-order valence-electron chi connectivity index (χ4n) is 2.08. The van der Waals surface area contributed by atoms with Gasteiger partial charge in [0.15, 0.2) is 0 Å². The van der Waals surface area contributed by atoms with Gasteiger partial charge in [-0.2, -0.15) is 0 Å². The van der Waals surface area contributed by atoms with Gasteiger partial charge in [0, 0.05) is 10.0 Å². The van der Waals surface area contributed by atoms with E-state index in [4.69, 9.17) is 9.47 Å². The number of amides is 2. The summed E-state index contributed by atoms with van der Waals surface area (Å²) < 4.78 is 12.3. The summed E-state index contributed by atoms with van der Waals surface area (Å²) in [6.45, 7) is 2.48. The number of methoxy groups -OCH3 is 1. The molecular formula is C18H18BrIN2O4. The van der Waals surface area contributed by atoms with Crippen molar-refractivity contribution in [2.75, 3.05) is 13.7 Å². The van der Waals surface area contributed by atoms with Crippen LogP contribution in [0.15, 0.2) is 40.9 Å². The lowest BCUT2D eigenvalue weighted by Gasteiger charge is -2.13. The van der Waals surface area contributed by atoms with Gasteiger partial charge in [0.2, 0.25) is 0 Å². The standard InChI is InChI=1S/C18H18BrIN2O4/c1-3-8-26-15-7-5-12(19)10-13(15)18(24)22-21-17(23)11-4-6-16(25-2)14(20)9-11/h4-7,9-10H,3,8H2,1-2H3,(H,21,23)(H,22,24). The summed E-state index contributed by atoms with van der Waals surface area (Å²) in [5.41, 5.74) is 5.57. The molecule has 26 heavy (non-hydrogen) atoms. The third-order valence-corrected chi connectivity index (χ3v) is 4.69. The molecular weight excluding hydrogens is 515 g/mol. The van der Waals surface area contributed by atoms with E-state index in [1.807, 2.05) is 6.92 Å². The van der Waals surface area contributed by atoms with Crippen molar-refractivity contribution in [1.29, 1.82) is 0 Å². The fourth-order valence-corrected chi connectivity index (χ4v) is 3.17. The van der Waals surface area contributed by atoms with Gasteiger partial charge in [0.25, 0.3) is 11.8 Å². The average Bonchev–Trinajstić information content (AvgIpc) is 2.64. The summed E-state index contributed by atoms with van der Waals surface area (Å²) in [7, 11) is 1.56. The van der Waals surface area contributed by atoms with E-state index >= 15 is 0 Å². The van der Waals surface area contributed by atoms with Gasteiger partial charge >= 0.3 is 0 Å². The van der Waals surface area contributed by atoms with Gasteiger partial charge in [-0.3, -0.25) is 20.4 Å². The molecule has 0 saturated carbocycles. The van der Waals surface area contributed by atoms with Crippen molar-refractivity contribution in [2.24, 2.45) is 0 Å². The molecule has 138 valence electrons. The third kappa shape index (κ3) is 5.34. The molecule has 2 aromatic rings. The first-order valence-corrected chi connectivity index (χ1v) is 9.70. The molecule has 6 nitrogen and oxygen atoms in total. The highest BCUT2D eigenvalue weighted by atomic mass is 127. The van der Waals surface area contributed by atoms with E-state index in [1.165, 1.54) is 0 Å². The first kappa shape index (κ1) is 20.5. The number of rotatable bonds is 6. The van der Waals surface area contributed by atoms with Crippen molar-refractivity contribution in [3.63, 3.8) is 0 Å². The Bertz CT molecular complexity index is 814. The van der Waals surface area contributed by atoms with Crippen LogP contribution in [0.4, 0.5) is 0 Å². The van der Waals surface area contributed by atoms with E-state index in [1.54, 1.807) is 43.5 Å². The molecule has 2 rings (SSSR count). The normalized spacial score (nSPS) is 10.2. The van der Waals surface area contributed by atoms with E-state index in [0.29, 0.717) is 29.2 Å². The minimum absolute atomic E-state index is 0.331. The maximum atomic E-state index is 12.4. The predicted octanol–water partition coefficient (Wildman–Crippen LogP) is 3.93. The highest BCUT2D eigenvalue weighted by Gasteiger charge is 2.15. The Morgan fingerprint density at radius 3 is 2.42 bits per heavy atom. The van der Waals surface area contributed by atoms with Crippen LogP contribution in [0.3, 0.4) is 0 Å². The summed E-state index contributed by atoms with van der Waals surface area (Å²) in [5, 5.41) is 0. The minimum Gasteiger partial charge on any atom is -0.496 e. The van der Waals surface area contributed by atoms with Crippen molar-refractivity contribution in [3.8, 4) is 11.5 Å². The molecule has 0 bridgehead atoms. The maximum Gasteiger partial charge on any atom is 0.273 e. The summed E-state index contributed by atoms with van der Waals surface area (Å²) in [6.07, 6.45) is 0.823. The summed E-state index contributed by atoms with van der Waals surface area (Å²) in [4.78, 5) is 24.7. The third-order valence-electron chi connectivity index (χ3n) is 3.35. The molecule has 0 unspecified atom stereocenters. The summed E-state index contributed by atoms with van der Waals surface area (Å²) >= 11 is 5.41. The number of carbonyl (C=O) groups is 2. The number of halogens is 2. The highest BCUT2D eigenvalue weighted by molar-refractivity contribution is 14.1. The Morgan fingerprint density at radius 1 is 1.08 bits per heavy atom. The van der Waals surface area contributed by atoms with Crippen LogP contribution in [0.2, 0.25) is 0 Å². The predicted molar refractivity (Wildman–Crippen MR) is 111 cm³/mol. The quantitative estimate of drug-likeness (QED) is 0.436. The second kappa shape index (κ2) is 9.77. The lowest BCUT2D eigenvalue weighted by atomic mass is 10.2. The molecule has 0 spiro atoms. The van der Waals surface area contributed by atoms with Crippen LogP contribution in [0.5, 0.6) is 11.5 Å². The monoisotopic (exact) mass is 532 g/mol. The lowest BCUT2D eigenvalue weighted by Crippen LogP contribution is -2.41. The van der Waals surface area contributed by atoms with Crippen molar-refractivity contribution in [1.82, 2.24) is 10.9 Å². The number of hydrogen-bond acceptors (Lipinski definition) is 4. The van der Waals surface area contributed by atoms with Gasteiger partial charge in [-0.15, -0.1) is 0 Å². The average molecular weight is 533 g/mol. The van der Waals surface area contributed by atoms with Crippen LogP contribution in [-0.2, 0) is 0 Å². The lowest BCUT2D eigenvalue weighted by molar-refractivity contribution is 0.0844. The number of hydrogen-bond donors (Lipinski definition) is 2. The topological polar surface area (TPSA) is 76.7 Å². The van der Waals surface area contributed by atoms with Gasteiger partial charge < -0.3 is 9.47 Å². The summed E-state index contributed by atoms with van der Waals surface area (Å²) in [6, 6.07) is 10.1. The Balaban J connectivity index is 2.07. The Labute approximate surface area is 173 Å². The number of ether oxygens (including phenoxy) is 2. The fraction of sp³-hybridized carbons (Fsp3) is 0.222. The van der Waals surface area contributed by atoms with Crippen molar-refractivity contribution in [2.45, 2.75) is 13.3 Å². The van der Waals surface area contributed by atoms with E-state index in [2.05, 4.69) is 49.4 Å². The molecule has 0 aliphatic heterocycles. The largest absolute Gasteiger partial charge is 0.496 e. The van der Waals surface area contributed by atoms with Crippen LogP contribution >= 0.6 is 38.5 Å². The van der Waals surface area contributed by atoms with Crippen molar-refractivity contribution < 1.29 is 19.1 Å². The van der Waals surface area contributed by atoms with Gasteiger partial charge in [-0.25, -0.2) is 0 Å². The molecule has 0 fully saturated rings. The number of nitrogens with one attached hydrogen (secondary N) is 2. The molecule has 8 heteroatoms. The van der Waals surface area contributed by atoms with Crippen LogP contribution in [0, 0.1) is 3.57 Å². The number of benzene rings is 2. The summed E-state index contributed by atoms with van der Waals surface area (Å²) in [5.74, 6) is 0.248. The zero-order valence-corrected chi connectivity index (χ0v) is 18.0. The number of carbonyl (C=O) groups excluding carboxylic acids is 2. The van der Waals surface area contributed by atoms with Crippen LogP contribution in [-0.4, -0.2) is 25.5 Å². The van der Waals surface area contributed by atoms with Gasteiger partial charge in [-0.1, -0.05) is 22.9 Å². The highest BCUT2D eigenvalue weighted by Crippen LogP contribution is 2.24. The molecule has 0 radical (unpaired) electrons. The Hall–Kier alpha value is -1.81. The maximum absolute atomic E-state index is 12.4. The smallest absolute Gasteiger partial charge is 0.273 e. The Kier molecular flexibility index (Phi) is 7.70. The zero-order valence-electron chi connectivity index (χ0n) is 14.3. The molecule has 0 saturated heterocycles. The van der Waals surface area contributed by atoms with Crippen LogP contribution in [0.25, 0.3) is 0 Å². The first-order chi connectivity index (χ1) is 12.5. The molecule has 0 aromatic heterocycles. The second-order valence-electron chi connectivity index (χ2n) is 5.25. The van der Waals surface area contributed by atoms with Gasteiger partial charge in [0.1, 0.15) is 11.5 Å². The van der Waals surface area contributed by atoms with Gasteiger partial charge in [-0.05, 0) is 65.4 Å². The van der Waals surface area contributed by atoms with E-state index in [0.717, 1.165) is 14.5 Å². The van der Waals surface area contributed by atoms with E-state index < -0.39 is 11.8 Å². The molecule has 0 heterocycles. The molecule has 2 aromatic carbocycles. The van der Waals surface area contributed by atoms with E-state index in [-0.39, 0.29) is 0 Å². The number of hydrazine groups is 1. The van der Waals surface area contributed by atoms with Crippen molar-refractivity contribution in [3.05, 3.63) is 55.6 Å². The molecule has 0 aliphatic rings. The van der Waals surface area contributed by atoms with E-state index in [9.17, 15) is 9.59 Å². The molecule has 2 amide bonds. The second-order valence-corrected chi connectivity index (χ2v) is 7.32. The first-order valence-electron chi connectivity index (χ1n) is 7.82. The van der Waals surface area contributed by atoms with Crippen LogP contribution in [0.1, 0.15) is 34.1 Å². The SMILES string of the molecule is CCCOc1ccc(Br)cc1C(=O)NNC(=O)c1ccc(OC)c(I)c1.